The molecule has 2 aromatic heterocycles. The number of ether oxygens (including phenoxy) is 3. The summed E-state index contributed by atoms with van der Waals surface area (Å²) in [6, 6.07) is 10.8. The molecule has 2 aromatic carbocycles. The van der Waals surface area contributed by atoms with Crippen LogP contribution in [-0.4, -0.2) is 35.8 Å². The van der Waals surface area contributed by atoms with Crippen LogP contribution in [-0.2, 0) is 9.53 Å². The number of thiazole rings is 1. The van der Waals surface area contributed by atoms with E-state index >= 15 is 0 Å². The number of methoxy groups -OCH3 is 1. The lowest BCUT2D eigenvalue weighted by atomic mass is 9.95. The number of hydrogen-bond acceptors (Lipinski definition) is 7. The van der Waals surface area contributed by atoms with Gasteiger partial charge in [0.1, 0.15) is 0 Å². The van der Waals surface area contributed by atoms with Crippen LogP contribution in [0, 0.1) is 6.92 Å². The van der Waals surface area contributed by atoms with E-state index in [1.54, 1.807) is 37.7 Å². The summed E-state index contributed by atoms with van der Waals surface area (Å²) in [4.78, 5) is 35.9. The van der Waals surface area contributed by atoms with Crippen LogP contribution < -0.4 is 24.4 Å². The Labute approximate surface area is 237 Å². The number of aryl methyl sites for hydroxylation is 1. The Bertz CT molecular complexity index is 1810. The quantitative estimate of drug-likeness (QED) is 0.305. The van der Waals surface area contributed by atoms with E-state index in [1.165, 1.54) is 11.3 Å². The second-order valence-electron chi connectivity index (χ2n) is 8.97. The fourth-order valence-electron chi connectivity index (χ4n) is 4.89. The number of benzene rings is 2. The molecule has 1 N–H and O–H groups in total. The number of esters is 1. The van der Waals surface area contributed by atoms with Gasteiger partial charge in [0.15, 0.2) is 16.3 Å². The van der Waals surface area contributed by atoms with Crippen LogP contribution in [0.1, 0.15) is 43.6 Å². The van der Waals surface area contributed by atoms with Gasteiger partial charge < -0.3 is 19.2 Å². The van der Waals surface area contributed by atoms with E-state index in [2.05, 4.69) is 25.9 Å². The summed E-state index contributed by atoms with van der Waals surface area (Å²) in [6.45, 7) is 8.03. The van der Waals surface area contributed by atoms with Gasteiger partial charge in [-0.25, -0.2) is 9.79 Å². The lowest BCUT2D eigenvalue weighted by molar-refractivity contribution is -0.139. The number of allylic oxidation sites excluding steroid dienone is 1. The number of aromatic amines is 1. The molecule has 202 valence electrons. The zero-order chi connectivity index (χ0) is 27.8. The predicted molar refractivity (Wildman–Crippen MR) is 155 cm³/mol. The summed E-state index contributed by atoms with van der Waals surface area (Å²) in [5, 5.41) is 1.03. The third-order valence-electron chi connectivity index (χ3n) is 6.61. The molecular formula is C29H28BrN3O5S. The first-order chi connectivity index (χ1) is 18.8. The van der Waals surface area contributed by atoms with Crippen molar-refractivity contribution in [2.45, 2.75) is 33.7 Å². The minimum Gasteiger partial charge on any atom is -0.493 e. The van der Waals surface area contributed by atoms with E-state index in [0.717, 1.165) is 22.2 Å². The van der Waals surface area contributed by atoms with Crippen molar-refractivity contribution in [2.75, 3.05) is 20.3 Å². The second kappa shape index (κ2) is 10.9. The maximum absolute atomic E-state index is 14.1. The maximum Gasteiger partial charge on any atom is 0.338 e. The number of aromatic nitrogens is 2. The number of hydrogen-bond donors (Lipinski definition) is 1. The molecule has 0 saturated heterocycles. The normalized spacial score (nSPS) is 15.3. The molecule has 0 saturated carbocycles. The number of halogens is 1. The SMILES string of the molecule is CCOC(=O)C1=C(C)N=c2s/c(=C/c3c(C)[nH]c4ccccc34)c(=O)n2[C@@H]1c1cc(OC)c(OCC)cc1Br. The predicted octanol–water partition coefficient (Wildman–Crippen LogP) is 4.76. The molecule has 4 aromatic rings. The van der Waals surface area contributed by atoms with Gasteiger partial charge in [0.2, 0.25) is 0 Å². The molecule has 1 aliphatic rings. The fourth-order valence-corrected chi connectivity index (χ4v) is 6.46. The molecular weight excluding hydrogens is 582 g/mol. The zero-order valence-corrected chi connectivity index (χ0v) is 24.7. The number of carbonyl (C=O) groups is 1. The number of rotatable bonds is 7. The van der Waals surface area contributed by atoms with Gasteiger partial charge in [-0.2, -0.15) is 0 Å². The average molecular weight is 611 g/mol. The van der Waals surface area contributed by atoms with Crippen LogP contribution in [0.2, 0.25) is 0 Å². The number of nitrogens with zero attached hydrogens (tertiary/aromatic N) is 2. The summed E-state index contributed by atoms with van der Waals surface area (Å²) in [5.41, 5.74) is 4.10. The van der Waals surface area contributed by atoms with Gasteiger partial charge >= 0.3 is 5.97 Å². The number of carbonyl (C=O) groups excluding carboxylic acids is 1. The van der Waals surface area contributed by atoms with Gasteiger partial charge in [-0.3, -0.25) is 9.36 Å². The first-order valence-electron chi connectivity index (χ1n) is 12.6. The third kappa shape index (κ3) is 4.72. The number of para-hydroxylation sites is 1. The van der Waals surface area contributed by atoms with Gasteiger partial charge in [0, 0.05) is 26.6 Å². The molecule has 0 bridgehead atoms. The van der Waals surface area contributed by atoms with Crippen molar-refractivity contribution in [3.8, 4) is 11.5 Å². The summed E-state index contributed by atoms with van der Waals surface area (Å²) >= 11 is 4.95. The Morgan fingerprint density at radius 1 is 1.18 bits per heavy atom. The smallest absolute Gasteiger partial charge is 0.338 e. The Balaban J connectivity index is 1.78. The highest BCUT2D eigenvalue weighted by Crippen LogP contribution is 2.41. The van der Waals surface area contributed by atoms with Crippen molar-refractivity contribution in [3.05, 3.63) is 88.6 Å². The number of H-pyrrole nitrogens is 1. The standard InChI is InChI=1S/C29H28BrN3O5S/c1-6-37-23-14-20(30)19(12-22(23)36-5)26-25(28(35)38-7-2)16(4)32-29-33(26)27(34)24(39-29)13-18-15(3)31-21-11-9-8-10-17(18)21/h8-14,26,31H,6-7H2,1-5H3/b24-13+/t26-/m1/s1. The fraction of sp³-hybridized carbons (Fsp3) is 0.276. The van der Waals surface area contributed by atoms with Crippen LogP contribution in [0.4, 0.5) is 0 Å². The minimum absolute atomic E-state index is 0.195. The lowest BCUT2D eigenvalue weighted by Crippen LogP contribution is -2.40. The molecule has 5 rings (SSSR count). The van der Waals surface area contributed by atoms with E-state index in [-0.39, 0.29) is 12.2 Å². The molecule has 8 nitrogen and oxygen atoms in total. The summed E-state index contributed by atoms with van der Waals surface area (Å²) < 4.78 is 19.5. The van der Waals surface area contributed by atoms with Gasteiger partial charge in [0.25, 0.3) is 5.56 Å². The van der Waals surface area contributed by atoms with Crippen LogP contribution in [0.5, 0.6) is 11.5 Å². The van der Waals surface area contributed by atoms with E-state index in [4.69, 9.17) is 14.2 Å². The largest absolute Gasteiger partial charge is 0.493 e. The maximum atomic E-state index is 14.1. The highest BCUT2D eigenvalue weighted by molar-refractivity contribution is 9.10. The monoisotopic (exact) mass is 609 g/mol. The Morgan fingerprint density at radius 2 is 1.95 bits per heavy atom. The van der Waals surface area contributed by atoms with Crippen molar-refractivity contribution in [3.63, 3.8) is 0 Å². The summed E-state index contributed by atoms with van der Waals surface area (Å²) in [7, 11) is 1.55. The van der Waals surface area contributed by atoms with Gasteiger partial charge in [-0.15, -0.1) is 0 Å². The molecule has 0 fully saturated rings. The Kier molecular flexibility index (Phi) is 7.51. The van der Waals surface area contributed by atoms with E-state index in [9.17, 15) is 9.59 Å². The lowest BCUT2D eigenvalue weighted by Gasteiger charge is -2.26. The molecule has 3 heterocycles. The Morgan fingerprint density at radius 3 is 2.67 bits per heavy atom. The first-order valence-corrected chi connectivity index (χ1v) is 14.2. The van der Waals surface area contributed by atoms with Crippen molar-refractivity contribution in [1.29, 1.82) is 0 Å². The molecule has 1 aliphatic heterocycles. The van der Waals surface area contributed by atoms with Crippen molar-refractivity contribution in [1.82, 2.24) is 9.55 Å². The van der Waals surface area contributed by atoms with E-state index in [1.807, 2.05) is 44.2 Å². The zero-order valence-electron chi connectivity index (χ0n) is 22.3. The van der Waals surface area contributed by atoms with E-state index < -0.39 is 12.0 Å². The molecule has 0 amide bonds. The highest BCUT2D eigenvalue weighted by atomic mass is 79.9. The van der Waals surface area contributed by atoms with Gasteiger partial charge in [-0.05, 0) is 57.5 Å². The van der Waals surface area contributed by atoms with Gasteiger partial charge in [0.05, 0.1) is 42.2 Å². The third-order valence-corrected chi connectivity index (χ3v) is 8.28. The Hall–Kier alpha value is -3.63. The van der Waals surface area contributed by atoms with E-state index in [0.29, 0.717) is 48.7 Å². The first kappa shape index (κ1) is 27.0. The van der Waals surface area contributed by atoms with Gasteiger partial charge in [-0.1, -0.05) is 45.5 Å². The molecule has 39 heavy (non-hydrogen) atoms. The molecule has 0 radical (unpaired) electrons. The average Bonchev–Trinajstić information content (AvgIpc) is 3.39. The second-order valence-corrected chi connectivity index (χ2v) is 10.8. The minimum atomic E-state index is -0.787. The van der Waals surface area contributed by atoms with Crippen LogP contribution in [0.15, 0.2) is 61.9 Å². The molecule has 0 aliphatic carbocycles. The molecule has 0 spiro atoms. The topological polar surface area (TPSA) is 94.9 Å². The number of nitrogens with one attached hydrogen (secondary N) is 1. The molecule has 10 heteroatoms. The summed E-state index contributed by atoms with van der Waals surface area (Å²) in [5.74, 6) is 0.519. The number of fused-ring (bicyclic) bond motifs is 2. The van der Waals surface area contributed by atoms with Crippen molar-refractivity contribution >= 4 is 50.2 Å². The highest BCUT2D eigenvalue weighted by Gasteiger charge is 2.35. The van der Waals surface area contributed by atoms with Crippen molar-refractivity contribution < 1.29 is 19.0 Å². The van der Waals surface area contributed by atoms with Crippen molar-refractivity contribution in [2.24, 2.45) is 4.99 Å². The molecule has 0 unspecified atom stereocenters. The molecule has 1 atom stereocenters. The van der Waals surface area contributed by atoms with Crippen LogP contribution in [0.3, 0.4) is 0 Å². The van der Waals surface area contributed by atoms with Crippen LogP contribution in [0.25, 0.3) is 17.0 Å². The summed E-state index contributed by atoms with van der Waals surface area (Å²) in [6.07, 6.45) is 1.90. The van der Waals surface area contributed by atoms with Crippen LogP contribution >= 0.6 is 27.3 Å².